The lowest BCUT2D eigenvalue weighted by Crippen LogP contribution is -2.34. The number of likely N-dealkylation sites (N-methyl/N-ethyl adjacent to an activating group) is 1. The van der Waals surface area contributed by atoms with E-state index in [1.54, 1.807) is 0 Å². The van der Waals surface area contributed by atoms with Gasteiger partial charge in [-0.15, -0.1) is 0 Å². The van der Waals surface area contributed by atoms with Gasteiger partial charge in [-0.3, -0.25) is 4.79 Å². The molecule has 164 valence electrons. The fraction of sp³-hybridized carbons (Fsp3) is 0.280. The van der Waals surface area contributed by atoms with Gasteiger partial charge in [0, 0.05) is 30.0 Å². The third-order valence-electron chi connectivity index (χ3n) is 5.89. The molecule has 4 aromatic rings. The molecule has 2 N–H and O–H groups in total. The van der Waals surface area contributed by atoms with Crippen LogP contribution in [0.3, 0.4) is 0 Å². The number of hydrogen-bond donors (Lipinski definition) is 2. The van der Waals surface area contributed by atoms with E-state index in [4.69, 9.17) is 4.74 Å². The van der Waals surface area contributed by atoms with Crippen molar-refractivity contribution < 1.29 is 9.84 Å². The summed E-state index contributed by atoms with van der Waals surface area (Å²) in [5.74, 6) is 0.694. The van der Waals surface area contributed by atoms with Crippen molar-refractivity contribution in [2.45, 2.75) is 25.0 Å². The Morgan fingerprint density at radius 3 is 2.66 bits per heavy atom. The van der Waals surface area contributed by atoms with Gasteiger partial charge in [0.05, 0.1) is 6.33 Å². The number of hydrogen-bond acceptors (Lipinski definition) is 5. The third kappa shape index (κ3) is 4.17. The van der Waals surface area contributed by atoms with Crippen molar-refractivity contribution in [3.8, 4) is 22.6 Å². The molecule has 0 saturated heterocycles. The van der Waals surface area contributed by atoms with Crippen molar-refractivity contribution in [1.82, 2.24) is 19.4 Å². The maximum atomic E-state index is 12.6. The zero-order chi connectivity index (χ0) is 22.1. The zero-order valence-corrected chi connectivity index (χ0v) is 17.9. The Bertz CT molecular complexity index is 1260. The van der Waals surface area contributed by atoms with Crippen LogP contribution in [0, 0.1) is 0 Å². The number of aromatic amines is 1. The Balaban J connectivity index is 1.38. The number of aromatic nitrogens is 3. The van der Waals surface area contributed by atoms with E-state index in [0.717, 1.165) is 16.8 Å². The standard InChI is InChI=1S/C25H26N4O3/c1-28(18-9-10-18)13-20(30)15-32-21-11-7-17(8-12-21)22-14-29(19-5-3-2-4-6-19)24-23(22)26-16-27-25(24)31/h2-8,11-12,14,16,18,20,30H,9-10,13,15H2,1H3,(H,26,27,31). The summed E-state index contributed by atoms with van der Waals surface area (Å²) in [6.45, 7) is 0.864. The van der Waals surface area contributed by atoms with E-state index in [1.807, 2.05) is 72.4 Å². The van der Waals surface area contributed by atoms with Gasteiger partial charge in [-0.05, 0) is 49.7 Å². The lowest BCUT2D eigenvalue weighted by Gasteiger charge is -2.20. The summed E-state index contributed by atoms with van der Waals surface area (Å²) in [6.07, 6.45) is 5.27. The number of fused-ring (bicyclic) bond motifs is 1. The number of para-hydroxylation sites is 1. The summed E-state index contributed by atoms with van der Waals surface area (Å²) < 4.78 is 7.66. The van der Waals surface area contributed by atoms with E-state index in [-0.39, 0.29) is 12.2 Å². The summed E-state index contributed by atoms with van der Waals surface area (Å²) in [5.41, 5.74) is 3.67. The van der Waals surface area contributed by atoms with E-state index in [1.165, 1.54) is 19.2 Å². The number of ether oxygens (including phenoxy) is 1. The summed E-state index contributed by atoms with van der Waals surface area (Å²) in [7, 11) is 2.04. The maximum absolute atomic E-state index is 12.6. The third-order valence-corrected chi connectivity index (χ3v) is 5.89. The summed E-state index contributed by atoms with van der Waals surface area (Å²) in [5, 5.41) is 10.2. The molecule has 7 nitrogen and oxygen atoms in total. The lowest BCUT2D eigenvalue weighted by atomic mass is 10.1. The van der Waals surface area contributed by atoms with E-state index in [0.29, 0.717) is 29.4 Å². The fourth-order valence-electron chi connectivity index (χ4n) is 4.04. The van der Waals surface area contributed by atoms with Crippen LogP contribution in [-0.4, -0.2) is 56.9 Å². The van der Waals surface area contributed by atoms with Crippen LogP contribution in [0.5, 0.6) is 5.75 Å². The summed E-state index contributed by atoms with van der Waals surface area (Å²) >= 11 is 0. The van der Waals surface area contributed by atoms with Crippen LogP contribution in [0.1, 0.15) is 12.8 Å². The minimum atomic E-state index is -0.528. The van der Waals surface area contributed by atoms with Crippen LogP contribution in [-0.2, 0) is 0 Å². The quantitative estimate of drug-likeness (QED) is 0.449. The predicted molar refractivity (Wildman–Crippen MR) is 124 cm³/mol. The van der Waals surface area contributed by atoms with Gasteiger partial charge in [0.1, 0.15) is 29.5 Å². The monoisotopic (exact) mass is 430 g/mol. The summed E-state index contributed by atoms with van der Waals surface area (Å²) in [4.78, 5) is 21.9. The zero-order valence-electron chi connectivity index (χ0n) is 17.9. The Morgan fingerprint density at radius 1 is 1.19 bits per heavy atom. The average Bonchev–Trinajstić information content (AvgIpc) is 3.59. The Labute approximate surface area is 185 Å². The molecule has 2 aromatic heterocycles. The highest BCUT2D eigenvalue weighted by atomic mass is 16.5. The molecule has 1 aliphatic rings. The normalized spacial score (nSPS) is 14.7. The molecule has 32 heavy (non-hydrogen) atoms. The predicted octanol–water partition coefficient (Wildman–Crippen LogP) is 3.21. The summed E-state index contributed by atoms with van der Waals surface area (Å²) in [6, 6.07) is 18.0. The second-order valence-corrected chi connectivity index (χ2v) is 8.34. The highest BCUT2D eigenvalue weighted by Gasteiger charge is 2.27. The molecule has 2 heterocycles. The molecule has 1 atom stereocenters. The fourth-order valence-corrected chi connectivity index (χ4v) is 4.04. The molecule has 0 radical (unpaired) electrons. The van der Waals surface area contributed by atoms with Gasteiger partial charge in [-0.1, -0.05) is 30.3 Å². The van der Waals surface area contributed by atoms with E-state index in [9.17, 15) is 9.90 Å². The number of H-pyrrole nitrogens is 1. The minimum absolute atomic E-state index is 0.185. The van der Waals surface area contributed by atoms with Gasteiger partial charge in [-0.2, -0.15) is 0 Å². The van der Waals surface area contributed by atoms with Crippen LogP contribution in [0.2, 0.25) is 0 Å². The first-order valence-corrected chi connectivity index (χ1v) is 10.9. The number of aliphatic hydroxyl groups is 1. The van der Waals surface area contributed by atoms with Crippen molar-refractivity contribution >= 4 is 11.0 Å². The molecule has 1 fully saturated rings. The first-order valence-electron chi connectivity index (χ1n) is 10.9. The second-order valence-electron chi connectivity index (χ2n) is 8.34. The van der Waals surface area contributed by atoms with Crippen molar-refractivity contribution in [1.29, 1.82) is 0 Å². The topological polar surface area (TPSA) is 83.4 Å². The van der Waals surface area contributed by atoms with Crippen LogP contribution in [0.4, 0.5) is 0 Å². The molecule has 1 saturated carbocycles. The SMILES string of the molecule is CN(CC(O)COc1ccc(-c2cn(-c3ccccc3)c3c(=O)[nH]cnc23)cc1)C1CC1. The van der Waals surface area contributed by atoms with Gasteiger partial charge in [-0.25, -0.2) is 4.98 Å². The number of nitrogens with one attached hydrogen (secondary N) is 1. The molecule has 2 aromatic carbocycles. The van der Waals surface area contributed by atoms with Gasteiger partial charge in [0.15, 0.2) is 0 Å². The van der Waals surface area contributed by atoms with Crippen molar-refractivity contribution in [2.24, 2.45) is 0 Å². The molecule has 7 heteroatoms. The first-order chi connectivity index (χ1) is 15.6. The molecule has 0 aliphatic heterocycles. The number of nitrogens with zero attached hydrogens (tertiary/aromatic N) is 3. The molecule has 1 unspecified atom stereocenters. The van der Waals surface area contributed by atoms with Crippen LogP contribution < -0.4 is 10.3 Å². The minimum Gasteiger partial charge on any atom is -0.491 e. The molecule has 0 amide bonds. The van der Waals surface area contributed by atoms with Gasteiger partial charge < -0.3 is 24.3 Å². The van der Waals surface area contributed by atoms with E-state index in [2.05, 4.69) is 14.9 Å². The molecular weight excluding hydrogens is 404 g/mol. The molecule has 0 spiro atoms. The largest absolute Gasteiger partial charge is 0.491 e. The van der Waals surface area contributed by atoms with E-state index < -0.39 is 6.10 Å². The molecule has 0 bridgehead atoms. The highest BCUT2D eigenvalue weighted by Crippen LogP contribution is 2.31. The van der Waals surface area contributed by atoms with Crippen molar-refractivity contribution in [2.75, 3.05) is 20.2 Å². The Morgan fingerprint density at radius 2 is 1.94 bits per heavy atom. The average molecular weight is 431 g/mol. The number of aliphatic hydroxyl groups excluding tert-OH is 1. The van der Waals surface area contributed by atoms with Gasteiger partial charge in [0.2, 0.25) is 0 Å². The van der Waals surface area contributed by atoms with Crippen LogP contribution in [0.25, 0.3) is 27.8 Å². The van der Waals surface area contributed by atoms with Crippen LogP contribution in [0.15, 0.2) is 71.9 Å². The maximum Gasteiger partial charge on any atom is 0.275 e. The molecule has 1 aliphatic carbocycles. The molecular formula is C25H26N4O3. The first kappa shape index (κ1) is 20.5. The van der Waals surface area contributed by atoms with E-state index >= 15 is 0 Å². The lowest BCUT2D eigenvalue weighted by molar-refractivity contribution is 0.0742. The van der Waals surface area contributed by atoms with Crippen molar-refractivity contribution in [3.05, 3.63) is 77.5 Å². The van der Waals surface area contributed by atoms with Gasteiger partial charge in [0.25, 0.3) is 5.56 Å². The smallest absolute Gasteiger partial charge is 0.275 e. The van der Waals surface area contributed by atoms with Gasteiger partial charge >= 0.3 is 0 Å². The number of rotatable bonds is 8. The van der Waals surface area contributed by atoms with Crippen LogP contribution >= 0.6 is 0 Å². The highest BCUT2D eigenvalue weighted by molar-refractivity contribution is 5.93. The second kappa shape index (κ2) is 8.61. The Kier molecular flexibility index (Phi) is 5.51. The number of benzene rings is 2. The Hall–Kier alpha value is -3.42. The van der Waals surface area contributed by atoms with Crippen molar-refractivity contribution in [3.63, 3.8) is 0 Å². The molecule has 5 rings (SSSR count).